The number of nitrogens with zero attached hydrogens (tertiary/aromatic N) is 1. The van der Waals surface area contributed by atoms with Gasteiger partial charge < -0.3 is 5.11 Å². The van der Waals surface area contributed by atoms with Crippen LogP contribution < -0.4 is 0 Å². The van der Waals surface area contributed by atoms with Crippen molar-refractivity contribution >= 4 is 34.7 Å². The summed E-state index contributed by atoms with van der Waals surface area (Å²) in [6, 6.07) is 9.39. The van der Waals surface area contributed by atoms with Crippen LogP contribution in [-0.2, 0) is 4.79 Å². The van der Waals surface area contributed by atoms with Crippen molar-refractivity contribution in [3.05, 3.63) is 40.1 Å². The average molecular weight is 261 g/mol. The summed E-state index contributed by atoms with van der Waals surface area (Å²) < 4.78 is 0. The number of hydrogen-bond acceptors (Lipinski definition) is 4. The van der Waals surface area contributed by atoms with Crippen LogP contribution in [0.25, 0.3) is 15.8 Å². The maximum atomic E-state index is 10.7. The molecule has 3 nitrogen and oxygen atoms in total. The molecule has 5 heteroatoms. The van der Waals surface area contributed by atoms with E-state index in [1.54, 1.807) is 17.4 Å². The van der Waals surface area contributed by atoms with Crippen molar-refractivity contribution in [2.75, 3.05) is 0 Å². The normalized spacial score (nSPS) is 11.1. The number of aliphatic carboxylic acids is 1. The summed E-state index contributed by atoms with van der Waals surface area (Å²) in [5.74, 6) is -1.20. The molecular weight excluding hydrogens is 254 g/mol. The van der Waals surface area contributed by atoms with Gasteiger partial charge in [0.2, 0.25) is 0 Å². The molecule has 0 amide bonds. The van der Waals surface area contributed by atoms with Gasteiger partial charge in [-0.2, -0.15) is 5.26 Å². The Bertz CT molecular complexity index is 603. The van der Waals surface area contributed by atoms with Crippen LogP contribution in [0.2, 0.25) is 0 Å². The van der Waals surface area contributed by atoms with Crippen LogP contribution in [-0.4, -0.2) is 11.1 Å². The molecule has 0 bridgehead atoms. The Morgan fingerprint density at radius 2 is 2.18 bits per heavy atom. The summed E-state index contributed by atoms with van der Waals surface area (Å²) in [5.41, 5.74) is -0.246. The maximum absolute atomic E-state index is 10.7. The van der Waals surface area contributed by atoms with Gasteiger partial charge in [0.25, 0.3) is 0 Å². The van der Waals surface area contributed by atoms with E-state index in [1.165, 1.54) is 17.4 Å². The molecule has 0 fully saturated rings. The number of hydrogen-bond donors (Lipinski definition) is 1. The van der Waals surface area contributed by atoms with Crippen LogP contribution in [0.3, 0.4) is 0 Å². The molecule has 0 atom stereocenters. The van der Waals surface area contributed by atoms with Gasteiger partial charge >= 0.3 is 5.97 Å². The number of carbonyl (C=O) groups is 1. The zero-order valence-corrected chi connectivity index (χ0v) is 10.2. The lowest BCUT2D eigenvalue weighted by molar-refractivity contribution is -0.132. The van der Waals surface area contributed by atoms with Gasteiger partial charge in [0.05, 0.1) is 0 Å². The van der Waals surface area contributed by atoms with Gasteiger partial charge in [-0.3, -0.25) is 0 Å². The van der Waals surface area contributed by atoms with Crippen LogP contribution in [0.1, 0.15) is 4.88 Å². The molecule has 0 saturated carbocycles. The molecule has 0 saturated heterocycles. The van der Waals surface area contributed by atoms with E-state index in [2.05, 4.69) is 0 Å². The zero-order valence-electron chi connectivity index (χ0n) is 8.58. The van der Waals surface area contributed by atoms with Crippen LogP contribution in [0.4, 0.5) is 0 Å². The lowest BCUT2D eigenvalue weighted by Crippen LogP contribution is -1.96. The predicted molar refractivity (Wildman–Crippen MR) is 68.9 cm³/mol. The maximum Gasteiger partial charge on any atom is 0.346 e. The molecule has 0 radical (unpaired) electrons. The summed E-state index contributed by atoms with van der Waals surface area (Å²) in [5, 5.41) is 19.4. The highest BCUT2D eigenvalue weighted by Gasteiger charge is 2.08. The summed E-state index contributed by atoms with van der Waals surface area (Å²) >= 11 is 3.10. The van der Waals surface area contributed by atoms with E-state index in [4.69, 9.17) is 10.4 Å². The van der Waals surface area contributed by atoms with Crippen molar-refractivity contribution in [1.29, 1.82) is 5.26 Å². The first kappa shape index (κ1) is 11.6. The second kappa shape index (κ2) is 4.95. The van der Waals surface area contributed by atoms with Crippen LogP contribution in [0.15, 0.2) is 35.2 Å². The molecule has 0 aromatic carbocycles. The summed E-state index contributed by atoms with van der Waals surface area (Å²) in [6.07, 6.45) is 1.39. The molecule has 1 N–H and O–H groups in total. The second-order valence-electron chi connectivity index (χ2n) is 3.15. The summed E-state index contributed by atoms with van der Waals surface area (Å²) in [6.45, 7) is 0. The van der Waals surface area contributed by atoms with Gasteiger partial charge in [0, 0.05) is 14.6 Å². The minimum absolute atomic E-state index is 0.246. The number of nitriles is 1. The lowest BCUT2D eigenvalue weighted by atomic mass is 10.2. The number of carboxylic acids is 1. The molecule has 17 heavy (non-hydrogen) atoms. The first-order chi connectivity index (χ1) is 8.20. The van der Waals surface area contributed by atoms with E-state index >= 15 is 0 Å². The molecule has 0 aliphatic heterocycles. The minimum Gasteiger partial charge on any atom is -0.477 e. The highest BCUT2D eigenvalue weighted by molar-refractivity contribution is 7.21. The second-order valence-corrected chi connectivity index (χ2v) is 5.22. The molecule has 2 heterocycles. The number of rotatable bonds is 3. The van der Waals surface area contributed by atoms with Crippen LogP contribution >= 0.6 is 22.7 Å². The van der Waals surface area contributed by atoms with E-state index in [-0.39, 0.29) is 5.57 Å². The van der Waals surface area contributed by atoms with E-state index in [0.717, 1.165) is 14.6 Å². The fourth-order valence-corrected chi connectivity index (χ4v) is 3.05. The molecule has 0 aliphatic carbocycles. The standard InChI is InChI=1S/C12H7NO2S2/c13-7-8(12(14)15)6-9-3-4-11(17-9)10-2-1-5-16-10/h1-6H,(H,14,15). The Labute approximate surface area is 106 Å². The zero-order chi connectivity index (χ0) is 12.3. The molecule has 84 valence electrons. The van der Waals surface area contributed by atoms with E-state index < -0.39 is 5.97 Å². The third-order valence-corrected chi connectivity index (χ3v) is 4.13. The van der Waals surface area contributed by atoms with Gasteiger partial charge in [-0.15, -0.1) is 22.7 Å². The molecule has 0 unspecified atom stereocenters. The SMILES string of the molecule is N#CC(=Cc1ccc(-c2cccs2)s1)C(=O)O. The third-order valence-electron chi connectivity index (χ3n) is 2.03. The largest absolute Gasteiger partial charge is 0.477 e. The van der Waals surface area contributed by atoms with Gasteiger partial charge in [0.1, 0.15) is 11.6 Å². The Kier molecular flexibility index (Phi) is 3.38. The number of thiophene rings is 2. The molecule has 2 aromatic heterocycles. The van der Waals surface area contributed by atoms with Crippen molar-refractivity contribution in [2.45, 2.75) is 0 Å². The van der Waals surface area contributed by atoms with Crippen molar-refractivity contribution in [3.63, 3.8) is 0 Å². The lowest BCUT2D eigenvalue weighted by Gasteiger charge is -1.89. The highest BCUT2D eigenvalue weighted by atomic mass is 32.1. The van der Waals surface area contributed by atoms with Gasteiger partial charge in [0.15, 0.2) is 0 Å². The van der Waals surface area contributed by atoms with E-state index in [1.807, 2.05) is 29.6 Å². The predicted octanol–water partition coefficient (Wildman–Crippen LogP) is 3.47. The van der Waals surface area contributed by atoms with Crippen LogP contribution in [0, 0.1) is 11.3 Å². The average Bonchev–Trinajstić information content (AvgIpc) is 2.95. The van der Waals surface area contributed by atoms with Gasteiger partial charge in [-0.25, -0.2) is 4.79 Å². The minimum atomic E-state index is -1.20. The third kappa shape index (κ3) is 2.61. The first-order valence-electron chi connectivity index (χ1n) is 4.69. The van der Waals surface area contributed by atoms with Crippen molar-refractivity contribution in [3.8, 4) is 15.8 Å². The quantitative estimate of drug-likeness (QED) is 0.679. The topological polar surface area (TPSA) is 61.1 Å². The Morgan fingerprint density at radius 1 is 1.35 bits per heavy atom. The Balaban J connectivity index is 2.31. The molecule has 0 aliphatic rings. The first-order valence-corrected chi connectivity index (χ1v) is 6.39. The summed E-state index contributed by atoms with van der Waals surface area (Å²) in [4.78, 5) is 13.7. The van der Waals surface area contributed by atoms with E-state index in [9.17, 15) is 4.79 Å². The Morgan fingerprint density at radius 3 is 2.76 bits per heavy atom. The summed E-state index contributed by atoms with van der Waals surface area (Å²) in [7, 11) is 0. The fraction of sp³-hybridized carbons (Fsp3) is 0. The molecule has 2 rings (SSSR count). The van der Waals surface area contributed by atoms with E-state index in [0.29, 0.717) is 0 Å². The smallest absolute Gasteiger partial charge is 0.346 e. The van der Waals surface area contributed by atoms with Crippen molar-refractivity contribution in [1.82, 2.24) is 0 Å². The van der Waals surface area contributed by atoms with Crippen molar-refractivity contribution in [2.24, 2.45) is 0 Å². The molecular formula is C12H7NO2S2. The Hall–Kier alpha value is -1.90. The monoisotopic (exact) mass is 261 g/mol. The van der Waals surface area contributed by atoms with Gasteiger partial charge in [-0.05, 0) is 29.7 Å². The fourth-order valence-electron chi connectivity index (χ4n) is 1.27. The number of carboxylic acid groups (broad SMARTS) is 1. The van der Waals surface area contributed by atoms with Crippen molar-refractivity contribution < 1.29 is 9.90 Å². The van der Waals surface area contributed by atoms with Crippen LogP contribution in [0.5, 0.6) is 0 Å². The van der Waals surface area contributed by atoms with Gasteiger partial charge in [-0.1, -0.05) is 6.07 Å². The molecule has 2 aromatic rings. The molecule has 0 spiro atoms. The highest BCUT2D eigenvalue weighted by Crippen LogP contribution is 2.32.